The number of hydroxylamine groups is 1. The van der Waals surface area contributed by atoms with Gasteiger partial charge >= 0.3 is 5.97 Å². The quantitative estimate of drug-likeness (QED) is 0.808. The van der Waals surface area contributed by atoms with Crippen molar-refractivity contribution < 1.29 is 9.63 Å². The molecule has 0 fully saturated rings. The minimum atomic E-state index is -0.280. The highest BCUT2D eigenvalue weighted by atomic mass is 16.7. The lowest BCUT2D eigenvalue weighted by molar-refractivity contribution is -0.150. The summed E-state index contributed by atoms with van der Waals surface area (Å²) in [5.41, 5.74) is 4.69. The number of hydrogen-bond acceptors (Lipinski definition) is 4. The molecule has 0 aromatic heterocycles. The fourth-order valence-corrected chi connectivity index (χ4v) is 1.59. The maximum absolute atomic E-state index is 11.5. The molecule has 19 heavy (non-hydrogen) atoms. The Morgan fingerprint density at radius 3 is 2.00 bits per heavy atom. The first-order valence-electron chi connectivity index (χ1n) is 5.85. The van der Waals surface area contributed by atoms with Crippen LogP contribution >= 0.6 is 0 Å². The van der Waals surface area contributed by atoms with Gasteiger partial charge in [0.05, 0.1) is 13.0 Å². The molecule has 0 aliphatic rings. The van der Waals surface area contributed by atoms with E-state index in [9.17, 15) is 4.79 Å². The van der Waals surface area contributed by atoms with E-state index in [2.05, 4.69) is 5.48 Å². The summed E-state index contributed by atoms with van der Waals surface area (Å²) in [6.07, 6.45) is 0.280. The van der Waals surface area contributed by atoms with Gasteiger partial charge in [-0.3, -0.25) is 4.79 Å². The molecule has 2 rings (SSSR count). The van der Waals surface area contributed by atoms with Crippen molar-refractivity contribution in [2.24, 2.45) is 0 Å². The predicted molar refractivity (Wildman–Crippen MR) is 74.5 cm³/mol. The van der Waals surface area contributed by atoms with E-state index in [1.807, 2.05) is 60.7 Å². The van der Waals surface area contributed by atoms with Crippen LogP contribution < -0.4 is 11.6 Å². The van der Waals surface area contributed by atoms with Crippen LogP contribution in [0.5, 0.6) is 0 Å². The van der Waals surface area contributed by atoms with Crippen molar-refractivity contribution in [2.45, 2.75) is 13.0 Å². The maximum atomic E-state index is 11.5. The van der Waals surface area contributed by atoms with Gasteiger partial charge in [0.1, 0.15) is 0 Å². The summed E-state index contributed by atoms with van der Waals surface area (Å²) in [4.78, 5) is 16.5. The number of benzene rings is 2. The molecule has 0 radical (unpaired) electrons. The second-order valence-corrected chi connectivity index (χ2v) is 3.94. The van der Waals surface area contributed by atoms with E-state index >= 15 is 0 Å². The van der Waals surface area contributed by atoms with Gasteiger partial charge in [-0.2, -0.15) is 0 Å². The Hall–Kier alpha value is -2.17. The fourth-order valence-electron chi connectivity index (χ4n) is 1.59. The topological polar surface area (TPSA) is 73.3 Å². The highest BCUT2D eigenvalue weighted by Crippen LogP contribution is 2.01. The lowest BCUT2D eigenvalue weighted by Crippen LogP contribution is -2.20. The van der Waals surface area contributed by atoms with Crippen molar-refractivity contribution in [1.82, 2.24) is 11.6 Å². The minimum absolute atomic E-state index is 0. The van der Waals surface area contributed by atoms with Crippen molar-refractivity contribution in [1.29, 1.82) is 0 Å². The lowest BCUT2D eigenvalue weighted by Gasteiger charge is -2.05. The first kappa shape index (κ1) is 14.9. The van der Waals surface area contributed by atoms with Crippen LogP contribution in [0, 0.1) is 0 Å². The third kappa shape index (κ3) is 5.33. The highest BCUT2D eigenvalue weighted by molar-refractivity contribution is 5.72. The molecule has 100 valence electrons. The molecule has 0 saturated carbocycles. The third-order valence-electron chi connectivity index (χ3n) is 2.50. The average molecular weight is 258 g/mol. The standard InChI is InChI=1S/C15H15NO2.H3N/c17-15(11-13-7-3-1-4-8-13)18-16-12-14-9-5-2-6-10-14;/h1-10,16H,11-12H2;1H3. The Kier molecular flexibility index (Phi) is 6.29. The Bertz CT molecular complexity index is 486. The molecular formula is C15H18N2O2. The fraction of sp³-hybridized carbons (Fsp3) is 0.133. The molecule has 0 aliphatic carbocycles. The molecule has 0 heterocycles. The van der Waals surface area contributed by atoms with Gasteiger partial charge < -0.3 is 11.0 Å². The van der Waals surface area contributed by atoms with Crippen LogP contribution in [-0.4, -0.2) is 5.97 Å². The summed E-state index contributed by atoms with van der Waals surface area (Å²) in [5, 5.41) is 0. The summed E-state index contributed by atoms with van der Waals surface area (Å²) in [6, 6.07) is 19.3. The average Bonchev–Trinajstić information content (AvgIpc) is 2.41. The molecule has 0 bridgehead atoms. The maximum Gasteiger partial charge on any atom is 0.329 e. The molecule has 0 aliphatic heterocycles. The molecular weight excluding hydrogens is 240 g/mol. The lowest BCUT2D eigenvalue weighted by atomic mass is 10.2. The molecule has 0 amide bonds. The van der Waals surface area contributed by atoms with E-state index < -0.39 is 0 Å². The Balaban J connectivity index is 0.00000180. The smallest absolute Gasteiger partial charge is 0.329 e. The summed E-state index contributed by atoms with van der Waals surface area (Å²) in [7, 11) is 0. The van der Waals surface area contributed by atoms with Crippen LogP contribution in [0.2, 0.25) is 0 Å². The first-order valence-corrected chi connectivity index (χ1v) is 5.85. The summed E-state index contributed by atoms with van der Waals surface area (Å²) < 4.78 is 0. The summed E-state index contributed by atoms with van der Waals surface area (Å²) >= 11 is 0. The van der Waals surface area contributed by atoms with Gasteiger partial charge in [0.25, 0.3) is 0 Å². The zero-order valence-corrected chi connectivity index (χ0v) is 10.7. The zero-order valence-electron chi connectivity index (χ0n) is 10.7. The van der Waals surface area contributed by atoms with E-state index in [-0.39, 0.29) is 18.5 Å². The monoisotopic (exact) mass is 258 g/mol. The molecule has 0 unspecified atom stereocenters. The number of hydrogen-bond donors (Lipinski definition) is 2. The van der Waals surface area contributed by atoms with Gasteiger partial charge in [-0.05, 0) is 11.1 Å². The van der Waals surface area contributed by atoms with Gasteiger partial charge in [0.2, 0.25) is 0 Å². The Morgan fingerprint density at radius 1 is 0.895 bits per heavy atom. The van der Waals surface area contributed by atoms with Gasteiger partial charge in [-0.25, -0.2) is 0 Å². The summed E-state index contributed by atoms with van der Waals surface area (Å²) in [5.74, 6) is -0.280. The minimum Gasteiger partial charge on any atom is -0.370 e. The van der Waals surface area contributed by atoms with E-state index in [0.29, 0.717) is 6.54 Å². The van der Waals surface area contributed by atoms with E-state index in [1.54, 1.807) is 0 Å². The van der Waals surface area contributed by atoms with E-state index in [0.717, 1.165) is 11.1 Å². The van der Waals surface area contributed by atoms with Crippen molar-refractivity contribution in [3.63, 3.8) is 0 Å². The predicted octanol–water partition coefficient (Wildman–Crippen LogP) is 2.64. The Labute approximate surface area is 112 Å². The first-order chi connectivity index (χ1) is 8.84. The summed E-state index contributed by atoms with van der Waals surface area (Å²) in [6.45, 7) is 0.515. The normalized spacial score (nSPS) is 9.47. The molecule has 4 heteroatoms. The molecule has 2 aromatic rings. The second-order valence-electron chi connectivity index (χ2n) is 3.94. The van der Waals surface area contributed by atoms with Gasteiger partial charge in [-0.1, -0.05) is 60.7 Å². The molecule has 0 atom stereocenters. The number of carbonyl (C=O) groups is 1. The van der Waals surface area contributed by atoms with E-state index in [4.69, 9.17) is 4.84 Å². The van der Waals surface area contributed by atoms with Crippen molar-refractivity contribution in [2.75, 3.05) is 0 Å². The van der Waals surface area contributed by atoms with Crippen LogP contribution in [0.3, 0.4) is 0 Å². The van der Waals surface area contributed by atoms with Gasteiger partial charge in [-0.15, -0.1) is 5.48 Å². The molecule has 4 N–H and O–H groups in total. The van der Waals surface area contributed by atoms with Crippen LogP contribution in [-0.2, 0) is 22.6 Å². The van der Waals surface area contributed by atoms with Gasteiger partial charge in [0.15, 0.2) is 0 Å². The van der Waals surface area contributed by atoms with Crippen LogP contribution in [0.4, 0.5) is 0 Å². The molecule has 0 spiro atoms. The van der Waals surface area contributed by atoms with Crippen LogP contribution in [0.25, 0.3) is 0 Å². The third-order valence-corrected chi connectivity index (χ3v) is 2.50. The molecule has 2 aromatic carbocycles. The second kappa shape index (κ2) is 8.02. The number of carbonyl (C=O) groups excluding carboxylic acids is 1. The number of rotatable bonds is 5. The van der Waals surface area contributed by atoms with Crippen molar-refractivity contribution >= 4 is 5.97 Å². The Morgan fingerprint density at radius 2 is 1.42 bits per heavy atom. The zero-order chi connectivity index (χ0) is 12.6. The van der Waals surface area contributed by atoms with Crippen LogP contribution in [0.15, 0.2) is 60.7 Å². The van der Waals surface area contributed by atoms with Crippen molar-refractivity contribution in [3.8, 4) is 0 Å². The largest absolute Gasteiger partial charge is 0.370 e. The SMILES string of the molecule is N.O=C(Cc1ccccc1)ONCc1ccccc1. The number of nitrogens with one attached hydrogen (secondary N) is 1. The molecule has 0 saturated heterocycles. The van der Waals surface area contributed by atoms with E-state index in [1.165, 1.54) is 0 Å². The van der Waals surface area contributed by atoms with Gasteiger partial charge in [0, 0.05) is 0 Å². The van der Waals surface area contributed by atoms with Crippen molar-refractivity contribution in [3.05, 3.63) is 71.8 Å². The van der Waals surface area contributed by atoms with Crippen LogP contribution in [0.1, 0.15) is 11.1 Å². The highest BCUT2D eigenvalue weighted by Gasteiger charge is 2.04. The molecule has 4 nitrogen and oxygen atoms in total.